The molecule has 0 aliphatic rings. The smallest absolute Gasteiger partial charge is 0.167 e. The van der Waals surface area contributed by atoms with E-state index in [1.807, 2.05) is 6.92 Å². The first kappa shape index (κ1) is 15.3. The number of hydrogen-bond acceptors (Lipinski definition) is 2. The van der Waals surface area contributed by atoms with E-state index in [1.54, 1.807) is 0 Å². The van der Waals surface area contributed by atoms with Crippen LogP contribution in [0.5, 0.6) is 0 Å². The third-order valence-corrected chi connectivity index (χ3v) is 3.53. The maximum absolute atomic E-state index is 9.20. The van der Waals surface area contributed by atoms with Crippen LogP contribution in [0.3, 0.4) is 0 Å². The van der Waals surface area contributed by atoms with Gasteiger partial charge in [-0.2, -0.15) is 0 Å². The summed E-state index contributed by atoms with van der Waals surface area (Å²) in [5.41, 5.74) is 0. The molecule has 0 aromatic heterocycles. The summed E-state index contributed by atoms with van der Waals surface area (Å²) in [5.74, 6) is 0. The average Bonchev–Trinajstić information content (AvgIpc) is 2.26. The highest BCUT2D eigenvalue weighted by atomic mass is 31.2. The highest BCUT2D eigenvalue weighted by Gasteiger charge is 1.99. The van der Waals surface area contributed by atoms with Crippen LogP contribution in [0.25, 0.3) is 0 Å². The van der Waals surface area contributed by atoms with Crippen molar-refractivity contribution in [3.8, 4) is 0 Å². The first-order valence-electron chi connectivity index (χ1n) is 6.40. The zero-order valence-corrected chi connectivity index (χ0v) is 11.3. The molecule has 0 radical (unpaired) electrons. The Balaban J connectivity index is 2.92. The summed E-state index contributed by atoms with van der Waals surface area (Å²) in [6.45, 7) is 4.95. The predicted molar refractivity (Wildman–Crippen MR) is 68.2 cm³/mol. The zero-order chi connectivity index (χ0) is 11.4. The predicted octanol–water partition coefficient (Wildman–Crippen LogP) is 4.47. The Hall–Kier alpha value is 0.350. The van der Waals surface area contributed by atoms with Crippen molar-refractivity contribution in [2.45, 2.75) is 65.2 Å². The Bertz CT molecular complexity index is 120. The first-order chi connectivity index (χ1) is 7.31. The van der Waals surface area contributed by atoms with Crippen molar-refractivity contribution >= 4 is 8.38 Å². The van der Waals surface area contributed by atoms with Crippen LogP contribution in [0.1, 0.15) is 65.2 Å². The molecule has 2 nitrogen and oxygen atoms in total. The Kier molecular flexibility index (Phi) is 12.7. The minimum Gasteiger partial charge on any atom is -0.350 e. The van der Waals surface area contributed by atoms with Gasteiger partial charge in [-0.1, -0.05) is 58.8 Å². The molecule has 15 heavy (non-hydrogen) atoms. The molecule has 1 N–H and O–H groups in total. The minimum absolute atomic E-state index is 0.741. The maximum Gasteiger partial charge on any atom is 0.167 e. The lowest BCUT2D eigenvalue weighted by Gasteiger charge is -2.07. The number of rotatable bonds is 11. The molecule has 3 heteroatoms. The lowest BCUT2D eigenvalue weighted by Crippen LogP contribution is -1.91. The van der Waals surface area contributed by atoms with Crippen LogP contribution in [0, 0.1) is 0 Å². The fraction of sp³-hybridized carbons (Fsp3) is 1.00. The van der Waals surface area contributed by atoms with E-state index in [9.17, 15) is 4.89 Å². The molecule has 0 fully saturated rings. The maximum atomic E-state index is 9.20. The Labute approximate surface area is 96.3 Å². The summed E-state index contributed by atoms with van der Waals surface area (Å²) in [7, 11) is -1.11. The molecule has 0 bridgehead atoms. The van der Waals surface area contributed by atoms with Gasteiger partial charge in [0, 0.05) is 6.16 Å². The van der Waals surface area contributed by atoms with Crippen molar-refractivity contribution in [3.05, 3.63) is 0 Å². The van der Waals surface area contributed by atoms with E-state index in [0.717, 1.165) is 19.2 Å². The van der Waals surface area contributed by atoms with E-state index < -0.39 is 8.38 Å². The second-order valence-corrected chi connectivity index (χ2v) is 5.57. The second kappa shape index (κ2) is 12.4. The van der Waals surface area contributed by atoms with E-state index in [-0.39, 0.29) is 0 Å². The van der Waals surface area contributed by atoms with Gasteiger partial charge in [-0.05, 0) is 6.42 Å². The Morgan fingerprint density at radius 3 is 1.93 bits per heavy atom. The Morgan fingerprint density at radius 2 is 1.40 bits per heavy atom. The van der Waals surface area contributed by atoms with Gasteiger partial charge in [-0.3, -0.25) is 0 Å². The van der Waals surface area contributed by atoms with Crippen molar-refractivity contribution in [1.29, 1.82) is 0 Å². The van der Waals surface area contributed by atoms with Crippen molar-refractivity contribution in [2.24, 2.45) is 0 Å². The summed E-state index contributed by atoms with van der Waals surface area (Å²) in [4.78, 5) is 9.20. The molecule has 0 heterocycles. The van der Waals surface area contributed by atoms with Gasteiger partial charge in [-0.25, -0.2) is 0 Å². The van der Waals surface area contributed by atoms with Crippen molar-refractivity contribution in [2.75, 3.05) is 12.8 Å². The fourth-order valence-corrected chi connectivity index (χ4v) is 2.02. The molecule has 0 aromatic rings. The topological polar surface area (TPSA) is 29.5 Å². The van der Waals surface area contributed by atoms with Crippen LogP contribution >= 0.6 is 8.38 Å². The van der Waals surface area contributed by atoms with Gasteiger partial charge >= 0.3 is 0 Å². The average molecular weight is 234 g/mol. The quantitative estimate of drug-likeness (QED) is 0.422. The molecular formula is C12H27O2P. The minimum atomic E-state index is -1.11. The van der Waals surface area contributed by atoms with Crippen LogP contribution in [0.15, 0.2) is 0 Å². The van der Waals surface area contributed by atoms with Crippen molar-refractivity contribution < 1.29 is 9.42 Å². The second-order valence-electron chi connectivity index (χ2n) is 3.98. The van der Waals surface area contributed by atoms with E-state index >= 15 is 0 Å². The third-order valence-electron chi connectivity index (χ3n) is 2.51. The molecule has 0 rings (SSSR count). The molecule has 92 valence electrons. The van der Waals surface area contributed by atoms with Crippen LogP contribution in [-0.2, 0) is 4.52 Å². The number of unbranched alkanes of at least 4 members (excludes halogenated alkanes) is 7. The van der Waals surface area contributed by atoms with E-state index in [1.165, 1.54) is 44.9 Å². The lowest BCUT2D eigenvalue weighted by atomic mass is 10.1. The van der Waals surface area contributed by atoms with Gasteiger partial charge in [0.05, 0.1) is 6.61 Å². The Morgan fingerprint density at radius 1 is 0.867 bits per heavy atom. The van der Waals surface area contributed by atoms with Crippen LogP contribution in [0.4, 0.5) is 0 Å². The SMILES string of the molecule is CCCCCCCCCCOP(O)CC. The first-order valence-corrected chi connectivity index (χ1v) is 7.80. The molecular weight excluding hydrogens is 207 g/mol. The van der Waals surface area contributed by atoms with Gasteiger partial charge in [-0.15, -0.1) is 0 Å². The standard InChI is InChI=1S/C12H27O2P/c1-3-5-6-7-8-9-10-11-12-14-15(13)4-2/h13H,3-12H2,1-2H3. The van der Waals surface area contributed by atoms with Crippen molar-refractivity contribution in [1.82, 2.24) is 0 Å². The van der Waals surface area contributed by atoms with Gasteiger partial charge < -0.3 is 9.42 Å². The highest BCUT2D eigenvalue weighted by molar-refractivity contribution is 7.46. The molecule has 0 spiro atoms. The van der Waals surface area contributed by atoms with E-state index in [0.29, 0.717) is 0 Å². The fourth-order valence-electron chi connectivity index (χ4n) is 1.50. The van der Waals surface area contributed by atoms with Crippen molar-refractivity contribution in [3.63, 3.8) is 0 Å². The monoisotopic (exact) mass is 234 g/mol. The molecule has 1 atom stereocenters. The van der Waals surface area contributed by atoms with Crippen LogP contribution < -0.4 is 0 Å². The molecule has 0 saturated carbocycles. The summed E-state index contributed by atoms with van der Waals surface area (Å²) in [6.07, 6.45) is 11.3. The van der Waals surface area contributed by atoms with Gasteiger partial charge in [0.2, 0.25) is 0 Å². The van der Waals surface area contributed by atoms with Crippen LogP contribution in [-0.4, -0.2) is 17.7 Å². The summed E-state index contributed by atoms with van der Waals surface area (Å²) < 4.78 is 5.26. The molecule has 0 aliphatic heterocycles. The van der Waals surface area contributed by atoms with Gasteiger partial charge in [0.25, 0.3) is 0 Å². The summed E-state index contributed by atoms with van der Waals surface area (Å²) in [5, 5.41) is 0. The summed E-state index contributed by atoms with van der Waals surface area (Å²) >= 11 is 0. The highest BCUT2D eigenvalue weighted by Crippen LogP contribution is 2.30. The molecule has 0 saturated heterocycles. The zero-order valence-electron chi connectivity index (χ0n) is 10.4. The van der Waals surface area contributed by atoms with E-state index in [4.69, 9.17) is 4.52 Å². The molecule has 0 aromatic carbocycles. The summed E-state index contributed by atoms with van der Waals surface area (Å²) in [6, 6.07) is 0. The molecule has 1 unspecified atom stereocenters. The largest absolute Gasteiger partial charge is 0.350 e. The number of hydrogen-bond donors (Lipinski definition) is 1. The van der Waals surface area contributed by atoms with Gasteiger partial charge in [0.15, 0.2) is 8.38 Å². The molecule has 0 amide bonds. The van der Waals surface area contributed by atoms with E-state index in [2.05, 4.69) is 6.92 Å². The van der Waals surface area contributed by atoms with Gasteiger partial charge in [0.1, 0.15) is 0 Å². The lowest BCUT2D eigenvalue weighted by molar-refractivity contribution is 0.299. The molecule has 0 aliphatic carbocycles. The third kappa shape index (κ3) is 12.3. The normalized spacial score (nSPS) is 13.0. The van der Waals surface area contributed by atoms with Crippen LogP contribution in [0.2, 0.25) is 0 Å².